The van der Waals surface area contributed by atoms with E-state index < -0.39 is 0 Å². The van der Waals surface area contributed by atoms with Gasteiger partial charge in [0.05, 0.1) is 18.1 Å². The number of hydrogen-bond donors (Lipinski definition) is 0. The monoisotopic (exact) mass is 475 g/mol. The Morgan fingerprint density at radius 3 is 2.39 bits per heavy atom. The van der Waals surface area contributed by atoms with Crippen LogP contribution < -0.4 is 9.47 Å². The lowest BCUT2D eigenvalue weighted by Crippen LogP contribution is -2.27. The Morgan fingerprint density at radius 1 is 1.00 bits per heavy atom. The van der Waals surface area contributed by atoms with Crippen molar-refractivity contribution in [3.05, 3.63) is 100 Å². The van der Waals surface area contributed by atoms with Crippen LogP contribution in [0.15, 0.2) is 83.8 Å². The van der Waals surface area contributed by atoms with Gasteiger partial charge in [-0.25, -0.2) is 0 Å². The zero-order valence-corrected chi connectivity index (χ0v) is 20.2. The Kier molecular flexibility index (Phi) is 7.47. The van der Waals surface area contributed by atoms with E-state index in [9.17, 15) is 4.79 Å². The first kappa shape index (κ1) is 23.1. The lowest BCUT2D eigenvalue weighted by molar-refractivity contribution is -0.122. The Balaban J connectivity index is 1.53. The van der Waals surface area contributed by atoms with E-state index in [1.807, 2.05) is 98.8 Å². The van der Waals surface area contributed by atoms with Gasteiger partial charge in [-0.1, -0.05) is 90.7 Å². The van der Waals surface area contributed by atoms with Crippen molar-refractivity contribution >= 4 is 40.3 Å². The van der Waals surface area contributed by atoms with Gasteiger partial charge in [-0.05, 0) is 48.7 Å². The second-order valence-electron chi connectivity index (χ2n) is 7.56. The summed E-state index contributed by atoms with van der Waals surface area (Å²) in [7, 11) is 0. The second-order valence-corrected chi connectivity index (χ2v) is 9.24. The first-order chi connectivity index (χ1) is 16.0. The molecule has 33 heavy (non-hydrogen) atoms. The minimum Gasteiger partial charge on any atom is -0.490 e. The van der Waals surface area contributed by atoms with Crippen LogP contribution in [0.5, 0.6) is 11.5 Å². The fraction of sp³-hybridized carbons (Fsp3) is 0.185. The van der Waals surface area contributed by atoms with Crippen molar-refractivity contribution in [1.82, 2.24) is 4.90 Å². The molecule has 0 radical (unpaired) electrons. The van der Waals surface area contributed by atoms with Crippen LogP contribution in [-0.4, -0.2) is 21.7 Å². The first-order valence-electron chi connectivity index (χ1n) is 10.8. The number of carbonyl (C=O) groups excluding carboxylic acids is 1. The minimum atomic E-state index is -0.120. The molecule has 0 N–H and O–H groups in total. The van der Waals surface area contributed by atoms with Crippen LogP contribution in [0, 0.1) is 0 Å². The number of nitrogens with zero attached hydrogens (tertiary/aromatic N) is 1. The quantitative estimate of drug-likeness (QED) is 0.270. The molecule has 168 valence electrons. The van der Waals surface area contributed by atoms with Crippen LogP contribution >= 0.6 is 24.0 Å². The summed E-state index contributed by atoms with van der Waals surface area (Å²) >= 11 is 6.80. The van der Waals surface area contributed by atoms with E-state index in [1.165, 1.54) is 11.8 Å². The normalized spacial score (nSPS) is 15.7. The van der Waals surface area contributed by atoms with Crippen LogP contribution in [0.4, 0.5) is 0 Å². The molecular weight excluding hydrogens is 450 g/mol. The SMILES string of the molecule is CCOc1cc(/C=C2\SC(=S)N(Cc3ccccc3)C2=O)ccc1OC(C)c1ccccc1. The van der Waals surface area contributed by atoms with Gasteiger partial charge in [0.15, 0.2) is 11.5 Å². The highest BCUT2D eigenvalue weighted by atomic mass is 32.2. The highest BCUT2D eigenvalue weighted by Crippen LogP contribution is 2.36. The maximum atomic E-state index is 13.0. The van der Waals surface area contributed by atoms with E-state index >= 15 is 0 Å². The van der Waals surface area contributed by atoms with Crippen molar-refractivity contribution in [3.63, 3.8) is 0 Å². The molecule has 0 spiro atoms. The maximum absolute atomic E-state index is 13.0. The number of benzene rings is 3. The number of carbonyl (C=O) groups is 1. The van der Waals surface area contributed by atoms with Crippen molar-refractivity contribution in [2.45, 2.75) is 26.5 Å². The average Bonchev–Trinajstić information content (AvgIpc) is 3.09. The number of rotatable bonds is 8. The molecule has 0 bridgehead atoms. The molecule has 0 saturated carbocycles. The van der Waals surface area contributed by atoms with Gasteiger partial charge in [0, 0.05) is 0 Å². The van der Waals surface area contributed by atoms with Gasteiger partial charge in [0.1, 0.15) is 10.4 Å². The molecule has 4 rings (SSSR count). The van der Waals surface area contributed by atoms with Crippen LogP contribution in [0.1, 0.15) is 36.6 Å². The van der Waals surface area contributed by atoms with Crippen molar-refractivity contribution < 1.29 is 14.3 Å². The molecule has 1 atom stereocenters. The fourth-order valence-electron chi connectivity index (χ4n) is 3.52. The summed E-state index contributed by atoms with van der Waals surface area (Å²) in [5, 5.41) is 0. The second kappa shape index (κ2) is 10.7. The lowest BCUT2D eigenvalue weighted by atomic mass is 10.1. The van der Waals surface area contributed by atoms with Crippen molar-refractivity contribution in [1.29, 1.82) is 0 Å². The van der Waals surface area contributed by atoms with Crippen LogP contribution in [0.2, 0.25) is 0 Å². The van der Waals surface area contributed by atoms with Crippen molar-refractivity contribution in [3.8, 4) is 11.5 Å². The summed E-state index contributed by atoms with van der Waals surface area (Å²) in [5.74, 6) is 1.24. The molecule has 1 aliphatic rings. The molecule has 3 aromatic rings. The summed E-state index contributed by atoms with van der Waals surface area (Å²) in [6, 6.07) is 25.6. The smallest absolute Gasteiger partial charge is 0.266 e. The predicted molar refractivity (Wildman–Crippen MR) is 138 cm³/mol. The zero-order valence-electron chi connectivity index (χ0n) is 18.6. The maximum Gasteiger partial charge on any atom is 0.266 e. The fourth-order valence-corrected chi connectivity index (χ4v) is 4.77. The van der Waals surface area contributed by atoms with Crippen molar-refractivity contribution in [2.75, 3.05) is 6.61 Å². The van der Waals surface area contributed by atoms with Gasteiger partial charge in [0.2, 0.25) is 0 Å². The number of amides is 1. The van der Waals surface area contributed by atoms with Gasteiger partial charge in [-0.2, -0.15) is 0 Å². The van der Waals surface area contributed by atoms with Gasteiger partial charge in [-0.3, -0.25) is 9.69 Å². The summed E-state index contributed by atoms with van der Waals surface area (Å²) in [6.07, 6.45) is 1.74. The molecular formula is C27H25NO3S2. The van der Waals surface area contributed by atoms with Crippen molar-refractivity contribution in [2.24, 2.45) is 0 Å². The number of thioether (sulfide) groups is 1. The van der Waals surface area contributed by atoms with Gasteiger partial charge in [0.25, 0.3) is 5.91 Å². The van der Waals surface area contributed by atoms with Crippen LogP contribution in [-0.2, 0) is 11.3 Å². The third-order valence-corrected chi connectivity index (χ3v) is 6.57. The van der Waals surface area contributed by atoms with E-state index in [0.29, 0.717) is 33.9 Å². The predicted octanol–water partition coefficient (Wildman–Crippen LogP) is 6.63. The number of ether oxygens (including phenoxy) is 2. The average molecular weight is 476 g/mol. The van der Waals surface area contributed by atoms with E-state index in [1.54, 1.807) is 4.90 Å². The zero-order chi connectivity index (χ0) is 23.2. The highest BCUT2D eigenvalue weighted by molar-refractivity contribution is 8.26. The number of thiocarbonyl (C=S) groups is 1. The van der Waals surface area contributed by atoms with E-state index in [2.05, 4.69) is 0 Å². The van der Waals surface area contributed by atoms with E-state index in [-0.39, 0.29) is 12.0 Å². The van der Waals surface area contributed by atoms with E-state index in [0.717, 1.165) is 16.7 Å². The highest BCUT2D eigenvalue weighted by Gasteiger charge is 2.32. The lowest BCUT2D eigenvalue weighted by Gasteiger charge is -2.18. The molecule has 0 aliphatic carbocycles. The van der Waals surface area contributed by atoms with Crippen LogP contribution in [0.25, 0.3) is 6.08 Å². The number of hydrogen-bond acceptors (Lipinski definition) is 5. The molecule has 1 aliphatic heterocycles. The first-order valence-corrected chi connectivity index (χ1v) is 12.1. The standard InChI is InChI=1S/C27H25NO3S2/c1-3-30-24-16-21(14-15-23(24)31-19(2)22-12-8-5-9-13-22)17-25-26(29)28(27(32)33-25)18-20-10-6-4-7-11-20/h4-17,19H,3,18H2,1-2H3/b25-17-. The van der Waals surface area contributed by atoms with Gasteiger partial charge in [-0.15, -0.1) is 0 Å². The Labute approximate surface area is 204 Å². The molecule has 1 amide bonds. The third kappa shape index (κ3) is 5.64. The Morgan fingerprint density at radius 2 is 1.70 bits per heavy atom. The summed E-state index contributed by atoms with van der Waals surface area (Å²) < 4.78 is 12.6. The molecule has 1 heterocycles. The summed E-state index contributed by atoms with van der Waals surface area (Å²) in [5.41, 5.74) is 2.99. The van der Waals surface area contributed by atoms with Gasteiger partial charge < -0.3 is 9.47 Å². The Bertz CT molecular complexity index is 1160. The molecule has 1 fully saturated rings. The topological polar surface area (TPSA) is 38.8 Å². The Hall–Kier alpha value is -3.09. The summed E-state index contributed by atoms with van der Waals surface area (Å²) in [6.45, 7) is 4.93. The van der Waals surface area contributed by atoms with Crippen LogP contribution in [0.3, 0.4) is 0 Å². The molecule has 0 aromatic heterocycles. The minimum absolute atomic E-state index is 0.0789. The third-order valence-electron chi connectivity index (χ3n) is 5.20. The largest absolute Gasteiger partial charge is 0.490 e. The van der Waals surface area contributed by atoms with Gasteiger partial charge >= 0.3 is 0 Å². The van der Waals surface area contributed by atoms with E-state index in [4.69, 9.17) is 21.7 Å². The molecule has 1 saturated heterocycles. The molecule has 1 unspecified atom stereocenters. The molecule has 3 aromatic carbocycles. The molecule has 6 heteroatoms. The summed E-state index contributed by atoms with van der Waals surface area (Å²) in [4.78, 5) is 15.2. The molecule has 4 nitrogen and oxygen atoms in total.